The second-order valence-corrected chi connectivity index (χ2v) is 7.94. The van der Waals surface area contributed by atoms with Crippen molar-refractivity contribution in [3.8, 4) is 11.5 Å². The molecular weight excluding hydrogens is 376 g/mol. The maximum absolute atomic E-state index is 12.9. The van der Waals surface area contributed by atoms with Crippen molar-refractivity contribution in [3.63, 3.8) is 0 Å². The molecule has 2 aromatic carbocycles. The molecule has 0 saturated carbocycles. The van der Waals surface area contributed by atoms with Gasteiger partial charge in [0.05, 0.1) is 12.1 Å². The lowest BCUT2D eigenvalue weighted by Crippen LogP contribution is -2.40. The van der Waals surface area contributed by atoms with E-state index >= 15 is 0 Å². The molecule has 146 valence electrons. The maximum atomic E-state index is 12.9. The van der Waals surface area contributed by atoms with Gasteiger partial charge < -0.3 is 24.2 Å². The van der Waals surface area contributed by atoms with Gasteiger partial charge in [0.1, 0.15) is 18.9 Å². The molecule has 0 aliphatic carbocycles. The molecule has 1 amide bonds. The van der Waals surface area contributed by atoms with Crippen LogP contribution in [0.5, 0.6) is 11.5 Å². The monoisotopic (exact) mass is 398 g/mol. The highest BCUT2D eigenvalue weighted by atomic mass is 32.2. The number of aliphatic hydroxyl groups excluding tert-OH is 1. The molecule has 2 aromatic rings. The van der Waals surface area contributed by atoms with Crippen molar-refractivity contribution >= 4 is 23.9 Å². The van der Waals surface area contributed by atoms with Gasteiger partial charge in [0.2, 0.25) is 0 Å². The number of hydrogen-bond acceptors (Lipinski definition) is 6. The van der Waals surface area contributed by atoms with Gasteiger partial charge in [-0.15, -0.1) is 0 Å². The molecule has 6 nitrogen and oxygen atoms in total. The van der Waals surface area contributed by atoms with E-state index in [2.05, 4.69) is 5.32 Å². The SMILES string of the molecule is C[C@H](NC(=O)C1=Cc2cc3c(cc2SN1C)OCCO3)C(O)c1ccccc1. The molecule has 0 saturated heterocycles. The van der Waals surface area contributed by atoms with Crippen LogP contribution < -0.4 is 14.8 Å². The van der Waals surface area contributed by atoms with Gasteiger partial charge in [0.15, 0.2) is 11.5 Å². The van der Waals surface area contributed by atoms with Gasteiger partial charge in [-0.1, -0.05) is 30.3 Å². The number of likely N-dealkylation sites (N-methyl/N-ethyl adjacent to an activating group) is 1. The van der Waals surface area contributed by atoms with Crippen LogP contribution in [0.3, 0.4) is 0 Å². The smallest absolute Gasteiger partial charge is 0.268 e. The van der Waals surface area contributed by atoms with E-state index < -0.39 is 12.1 Å². The van der Waals surface area contributed by atoms with E-state index in [1.165, 1.54) is 11.9 Å². The molecule has 0 bridgehead atoms. The Hall–Kier alpha value is -2.64. The minimum atomic E-state index is -0.780. The quantitative estimate of drug-likeness (QED) is 0.772. The lowest BCUT2D eigenvalue weighted by molar-refractivity contribution is -0.119. The molecule has 7 heteroatoms. The van der Waals surface area contributed by atoms with Crippen LogP contribution in [-0.4, -0.2) is 41.6 Å². The van der Waals surface area contributed by atoms with Gasteiger partial charge in [0, 0.05) is 11.9 Å². The van der Waals surface area contributed by atoms with Crippen molar-refractivity contribution in [2.45, 2.75) is 24.0 Å². The molecular formula is C21H22N2O4S. The van der Waals surface area contributed by atoms with Crippen molar-refractivity contribution in [1.29, 1.82) is 0 Å². The van der Waals surface area contributed by atoms with E-state index in [1.54, 1.807) is 6.92 Å². The Kier molecular flexibility index (Phi) is 5.19. The van der Waals surface area contributed by atoms with Crippen LogP contribution in [-0.2, 0) is 4.79 Å². The van der Waals surface area contributed by atoms with Crippen LogP contribution in [0.2, 0.25) is 0 Å². The number of carbonyl (C=O) groups excluding carboxylic acids is 1. The average molecular weight is 398 g/mol. The number of carbonyl (C=O) groups is 1. The molecule has 2 N–H and O–H groups in total. The number of ether oxygens (including phenoxy) is 2. The zero-order valence-electron chi connectivity index (χ0n) is 15.7. The van der Waals surface area contributed by atoms with E-state index in [9.17, 15) is 9.90 Å². The van der Waals surface area contributed by atoms with Gasteiger partial charge >= 0.3 is 0 Å². The number of rotatable bonds is 4. The van der Waals surface area contributed by atoms with E-state index in [-0.39, 0.29) is 5.91 Å². The van der Waals surface area contributed by atoms with Crippen LogP contribution in [0.1, 0.15) is 24.2 Å². The Morgan fingerprint density at radius 3 is 2.57 bits per heavy atom. The van der Waals surface area contributed by atoms with Gasteiger partial charge in [-0.2, -0.15) is 0 Å². The predicted octanol–water partition coefficient (Wildman–Crippen LogP) is 2.99. The molecule has 0 spiro atoms. The van der Waals surface area contributed by atoms with Crippen LogP contribution in [0.4, 0.5) is 0 Å². The first kappa shape index (κ1) is 18.7. The summed E-state index contributed by atoms with van der Waals surface area (Å²) in [5.74, 6) is 1.18. The molecule has 2 heterocycles. The normalized spacial score (nSPS) is 17.2. The number of nitrogens with zero attached hydrogens (tertiary/aromatic N) is 1. The summed E-state index contributed by atoms with van der Waals surface area (Å²) >= 11 is 1.46. The molecule has 1 unspecified atom stereocenters. The Morgan fingerprint density at radius 1 is 1.18 bits per heavy atom. The molecule has 0 fully saturated rings. The van der Waals surface area contributed by atoms with Crippen LogP contribution in [0, 0.1) is 0 Å². The Morgan fingerprint density at radius 2 is 1.86 bits per heavy atom. The fourth-order valence-electron chi connectivity index (χ4n) is 3.22. The zero-order valence-corrected chi connectivity index (χ0v) is 16.5. The topological polar surface area (TPSA) is 71.0 Å². The number of aliphatic hydroxyl groups is 1. The summed E-state index contributed by atoms with van der Waals surface area (Å²) in [6, 6.07) is 12.7. The third-order valence-corrected chi connectivity index (χ3v) is 5.77. The predicted molar refractivity (Wildman–Crippen MR) is 108 cm³/mol. The molecule has 0 aromatic heterocycles. The molecule has 2 atom stereocenters. The summed E-state index contributed by atoms with van der Waals surface area (Å²) in [6.07, 6.45) is 1.05. The molecule has 0 radical (unpaired) electrons. The maximum Gasteiger partial charge on any atom is 0.268 e. The minimum Gasteiger partial charge on any atom is -0.486 e. The average Bonchev–Trinajstić information content (AvgIpc) is 2.71. The fraction of sp³-hybridized carbons (Fsp3) is 0.286. The highest BCUT2D eigenvalue weighted by Gasteiger charge is 2.27. The summed E-state index contributed by atoms with van der Waals surface area (Å²) < 4.78 is 13.1. The minimum absolute atomic E-state index is 0.238. The third-order valence-electron chi connectivity index (χ3n) is 4.75. The molecule has 4 rings (SSSR count). The molecule has 2 aliphatic rings. The van der Waals surface area contributed by atoms with Gasteiger partial charge in [-0.25, -0.2) is 0 Å². The number of benzene rings is 2. The van der Waals surface area contributed by atoms with Crippen molar-refractivity contribution in [3.05, 3.63) is 59.3 Å². The first-order valence-electron chi connectivity index (χ1n) is 9.14. The summed E-state index contributed by atoms with van der Waals surface area (Å²) in [5.41, 5.74) is 2.19. The Balaban J connectivity index is 1.53. The van der Waals surface area contributed by atoms with Crippen molar-refractivity contribution in [2.24, 2.45) is 0 Å². The van der Waals surface area contributed by atoms with E-state index in [4.69, 9.17) is 9.47 Å². The molecule has 28 heavy (non-hydrogen) atoms. The van der Waals surface area contributed by atoms with Crippen molar-refractivity contribution in [1.82, 2.24) is 9.62 Å². The lowest BCUT2D eigenvalue weighted by atomic mass is 10.0. The number of hydrogen-bond donors (Lipinski definition) is 2. The standard InChI is InChI=1S/C21H22N2O4S/c1-13(20(24)14-6-4-3-5-7-14)22-21(25)16-10-15-11-17-18(27-9-8-26-17)12-19(15)28-23(16)2/h3-7,10-13,20,24H,8-9H2,1-2H3,(H,22,25)/t13-,20?/m0/s1. The number of amides is 1. The zero-order chi connectivity index (χ0) is 19.7. The fourth-order valence-corrected chi connectivity index (χ4v) is 4.13. The Bertz CT molecular complexity index is 916. The third kappa shape index (κ3) is 3.68. The summed E-state index contributed by atoms with van der Waals surface area (Å²) in [5, 5.41) is 13.4. The van der Waals surface area contributed by atoms with E-state index in [0.29, 0.717) is 24.7 Å². The summed E-state index contributed by atoms with van der Waals surface area (Å²) in [4.78, 5) is 13.9. The summed E-state index contributed by atoms with van der Waals surface area (Å²) in [6.45, 7) is 2.85. The second kappa shape index (κ2) is 7.77. The van der Waals surface area contributed by atoms with Crippen LogP contribution in [0.25, 0.3) is 6.08 Å². The lowest BCUT2D eigenvalue weighted by Gasteiger charge is -2.29. The largest absolute Gasteiger partial charge is 0.486 e. The second-order valence-electron chi connectivity index (χ2n) is 6.77. The van der Waals surface area contributed by atoms with E-state index in [1.807, 2.05) is 59.9 Å². The van der Waals surface area contributed by atoms with Crippen molar-refractivity contribution in [2.75, 3.05) is 20.3 Å². The Labute approximate surface area is 168 Å². The van der Waals surface area contributed by atoms with E-state index in [0.717, 1.165) is 21.8 Å². The highest BCUT2D eigenvalue weighted by Crippen LogP contribution is 2.42. The van der Waals surface area contributed by atoms with Gasteiger partial charge in [-0.3, -0.25) is 4.79 Å². The number of nitrogens with one attached hydrogen (secondary N) is 1. The highest BCUT2D eigenvalue weighted by molar-refractivity contribution is 7.97. The van der Waals surface area contributed by atoms with Crippen molar-refractivity contribution < 1.29 is 19.4 Å². The first-order valence-corrected chi connectivity index (χ1v) is 9.91. The first-order chi connectivity index (χ1) is 13.5. The van der Waals surface area contributed by atoms with Gasteiger partial charge in [-0.05, 0) is 48.2 Å². The van der Waals surface area contributed by atoms with Crippen LogP contribution in [0.15, 0.2) is 53.1 Å². The number of fused-ring (bicyclic) bond motifs is 2. The molecule has 2 aliphatic heterocycles. The summed E-state index contributed by atoms with van der Waals surface area (Å²) in [7, 11) is 1.84. The van der Waals surface area contributed by atoms with Gasteiger partial charge in [0.25, 0.3) is 5.91 Å². The van der Waals surface area contributed by atoms with Crippen LogP contribution >= 0.6 is 11.9 Å².